The van der Waals surface area contributed by atoms with Gasteiger partial charge in [-0.1, -0.05) is 36.4 Å². The highest BCUT2D eigenvalue weighted by atomic mass is 16.5. The van der Waals surface area contributed by atoms with Gasteiger partial charge in [0.1, 0.15) is 23.7 Å². The van der Waals surface area contributed by atoms with Crippen molar-refractivity contribution in [3.63, 3.8) is 0 Å². The molecule has 1 atom stereocenters. The van der Waals surface area contributed by atoms with E-state index in [4.69, 9.17) is 24.6 Å². The van der Waals surface area contributed by atoms with Crippen molar-refractivity contribution >= 4 is 18.0 Å². The van der Waals surface area contributed by atoms with Crippen molar-refractivity contribution in [2.45, 2.75) is 72.3 Å². The molecule has 2 aromatic carbocycles. The van der Waals surface area contributed by atoms with Gasteiger partial charge < -0.3 is 30.0 Å². The van der Waals surface area contributed by atoms with Crippen molar-refractivity contribution < 1.29 is 24.1 Å². The number of ether oxygens (including phenoxy) is 3. The molecule has 1 aromatic heterocycles. The van der Waals surface area contributed by atoms with Gasteiger partial charge in [-0.05, 0) is 87.9 Å². The number of carboxylic acids is 1. The van der Waals surface area contributed by atoms with Gasteiger partial charge in [-0.2, -0.15) is 0 Å². The summed E-state index contributed by atoms with van der Waals surface area (Å²) >= 11 is 0. The lowest BCUT2D eigenvalue weighted by Crippen LogP contribution is -2.42. The van der Waals surface area contributed by atoms with Crippen molar-refractivity contribution in [3.05, 3.63) is 88.3 Å². The maximum absolute atomic E-state index is 11.6. The number of fused-ring (bicyclic) bond motifs is 1. The zero-order valence-electron chi connectivity index (χ0n) is 26.6. The molecule has 0 bridgehead atoms. The van der Waals surface area contributed by atoms with E-state index in [0.29, 0.717) is 24.2 Å². The predicted molar refractivity (Wildman–Crippen MR) is 173 cm³/mol. The molecule has 0 saturated carbocycles. The van der Waals surface area contributed by atoms with Crippen LogP contribution in [0.15, 0.2) is 66.1 Å². The minimum absolute atomic E-state index is 0.0378. The molecule has 9 nitrogen and oxygen atoms in total. The number of hydrogen-bond donors (Lipinski definition) is 3. The van der Waals surface area contributed by atoms with Crippen molar-refractivity contribution in [2.75, 3.05) is 25.6 Å². The molecule has 2 heterocycles. The Hall–Kier alpha value is -4.21. The van der Waals surface area contributed by atoms with Gasteiger partial charge in [-0.25, -0.2) is 9.78 Å². The van der Waals surface area contributed by atoms with Crippen LogP contribution in [0.3, 0.4) is 0 Å². The Morgan fingerprint density at radius 2 is 1.95 bits per heavy atom. The van der Waals surface area contributed by atoms with Crippen LogP contribution in [0, 0.1) is 12.3 Å². The zero-order valence-corrected chi connectivity index (χ0v) is 26.6. The van der Waals surface area contributed by atoms with Crippen molar-refractivity contribution in [1.29, 1.82) is 5.41 Å². The number of anilines is 1. The van der Waals surface area contributed by atoms with Crippen LogP contribution in [0.5, 0.6) is 5.75 Å². The number of aromatic nitrogens is 1. The smallest absolute Gasteiger partial charge is 0.342 e. The second kappa shape index (κ2) is 14.5. The molecule has 3 N–H and O–H groups in total. The Bertz CT molecular complexity index is 1520. The summed E-state index contributed by atoms with van der Waals surface area (Å²) in [5, 5.41) is 19.9. The number of nitrogens with one attached hydrogen (secondary N) is 2. The monoisotopic (exact) mass is 600 g/mol. The van der Waals surface area contributed by atoms with Gasteiger partial charge >= 0.3 is 5.97 Å². The van der Waals surface area contributed by atoms with Crippen LogP contribution >= 0.6 is 0 Å². The Labute approximate surface area is 260 Å². The van der Waals surface area contributed by atoms with Gasteiger partial charge in [-0.15, -0.1) is 0 Å². The summed E-state index contributed by atoms with van der Waals surface area (Å²) in [6, 6.07) is 18.4. The molecule has 0 fully saturated rings. The van der Waals surface area contributed by atoms with E-state index in [1.807, 2.05) is 37.3 Å². The average Bonchev–Trinajstić information content (AvgIpc) is 3.00. The molecule has 1 aliphatic rings. The zero-order chi connectivity index (χ0) is 31.9. The first kappa shape index (κ1) is 32.7. The summed E-state index contributed by atoms with van der Waals surface area (Å²) in [4.78, 5) is 18.9. The van der Waals surface area contributed by atoms with Crippen LogP contribution in [0.4, 0.5) is 5.82 Å². The lowest BCUT2D eigenvalue weighted by molar-refractivity contribution is -0.132. The van der Waals surface area contributed by atoms with E-state index in [1.54, 1.807) is 20.1 Å². The quantitative estimate of drug-likeness (QED) is 0.108. The van der Waals surface area contributed by atoms with Gasteiger partial charge in [-0.3, -0.25) is 4.90 Å². The Morgan fingerprint density at radius 3 is 2.66 bits per heavy atom. The third-order valence-electron chi connectivity index (χ3n) is 8.05. The first-order chi connectivity index (χ1) is 21.0. The molecule has 234 valence electrons. The van der Waals surface area contributed by atoms with Gasteiger partial charge in [0, 0.05) is 38.0 Å². The van der Waals surface area contributed by atoms with Crippen LogP contribution in [0.2, 0.25) is 0 Å². The molecule has 0 spiro atoms. The van der Waals surface area contributed by atoms with Crippen molar-refractivity contribution in [1.82, 2.24) is 9.88 Å². The number of para-hydroxylation sites is 1. The van der Waals surface area contributed by atoms with E-state index in [0.717, 1.165) is 54.6 Å². The van der Waals surface area contributed by atoms with Crippen molar-refractivity contribution in [3.8, 4) is 17.0 Å². The predicted octanol–water partition coefficient (Wildman–Crippen LogP) is 6.59. The molecule has 0 amide bonds. The molecule has 0 aliphatic carbocycles. The maximum Gasteiger partial charge on any atom is 0.342 e. The number of nitrogens with zero attached hydrogens (tertiary/aromatic N) is 2. The van der Waals surface area contributed by atoms with Gasteiger partial charge in [0.2, 0.25) is 5.88 Å². The van der Waals surface area contributed by atoms with Gasteiger partial charge in [0.25, 0.3) is 0 Å². The van der Waals surface area contributed by atoms with Crippen LogP contribution in [-0.4, -0.2) is 59.1 Å². The molecule has 44 heavy (non-hydrogen) atoms. The normalized spacial score (nSPS) is 14.7. The number of aryl methyl sites for hydroxylation is 1. The summed E-state index contributed by atoms with van der Waals surface area (Å²) in [5.41, 5.74) is 5.88. The first-order valence-corrected chi connectivity index (χ1v) is 15.0. The number of carboxylic acid groups (broad SMARTS) is 1. The number of methoxy groups -OCH3 is 1. The van der Waals surface area contributed by atoms with Crippen LogP contribution in [-0.2, 0) is 33.8 Å². The third-order valence-corrected chi connectivity index (χ3v) is 8.05. The SMILES string of the molecule is CCO/C(Nc1cccc(-c2cccc(C)c2OCc2ccc3c(c2)CCN(C(C)CC(C)(C)OC)C3)n1)=C(/C=N)C(=O)O. The number of benzene rings is 2. The maximum atomic E-state index is 11.6. The Kier molecular flexibility index (Phi) is 10.8. The fraction of sp³-hybridized carbons (Fsp3) is 0.400. The first-order valence-electron chi connectivity index (χ1n) is 15.0. The van der Waals surface area contributed by atoms with Crippen molar-refractivity contribution in [2.24, 2.45) is 0 Å². The molecule has 0 radical (unpaired) electrons. The van der Waals surface area contributed by atoms with Crippen LogP contribution < -0.4 is 10.1 Å². The lowest BCUT2D eigenvalue weighted by atomic mass is 9.93. The minimum Gasteiger partial charge on any atom is -0.488 e. The molecular formula is C35H44N4O5. The number of hydrogen-bond acceptors (Lipinski definition) is 8. The summed E-state index contributed by atoms with van der Waals surface area (Å²) in [6.07, 6.45) is 2.73. The molecule has 4 rings (SSSR count). The van der Waals surface area contributed by atoms with E-state index < -0.39 is 5.97 Å². The van der Waals surface area contributed by atoms with Crippen LogP contribution in [0.25, 0.3) is 11.3 Å². The Balaban J connectivity index is 1.51. The molecule has 1 aliphatic heterocycles. The number of aliphatic carboxylic acids is 1. The number of carbonyl (C=O) groups is 1. The van der Waals surface area contributed by atoms with E-state index in [-0.39, 0.29) is 23.7 Å². The number of pyridine rings is 1. The summed E-state index contributed by atoms with van der Waals surface area (Å²) in [5.74, 6) is -0.171. The highest BCUT2D eigenvalue weighted by molar-refractivity contribution is 6.08. The fourth-order valence-electron chi connectivity index (χ4n) is 5.54. The van der Waals surface area contributed by atoms with E-state index >= 15 is 0 Å². The topological polar surface area (TPSA) is 117 Å². The molecule has 1 unspecified atom stereocenters. The lowest BCUT2D eigenvalue weighted by Gasteiger charge is -2.37. The summed E-state index contributed by atoms with van der Waals surface area (Å²) in [7, 11) is 1.78. The van der Waals surface area contributed by atoms with E-state index in [9.17, 15) is 9.90 Å². The summed E-state index contributed by atoms with van der Waals surface area (Å²) in [6.45, 7) is 12.9. The fourth-order valence-corrected chi connectivity index (χ4v) is 5.54. The third kappa shape index (κ3) is 8.03. The largest absolute Gasteiger partial charge is 0.488 e. The summed E-state index contributed by atoms with van der Waals surface area (Å²) < 4.78 is 17.6. The van der Waals surface area contributed by atoms with Gasteiger partial charge in [0.05, 0.1) is 17.9 Å². The number of rotatable bonds is 14. The van der Waals surface area contributed by atoms with E-state index in [2.05, 4.69) is 49.2 Å². The van der Waals surface area contributed by atoms with Crippen LogP contribution in [0.1, 0.15) is 56.4 Å². The highest BCUT2D eigenvalue weighted by Gasteiger charge is 2.27. The van der Waals surface area contributed by atoms with E-state index in [1.165, 1.54) is 11.1 Å². The minimum atomic E-state index is -1.26. The second-order valence-electron chi connectivity index (χ2n) is 11.7. The molecule has 3 aromatic rings. The second-order valence-corrected chi connectivity index (χ2v) is 11.7. The average molecular weight is 601 g/mol. The molecular weight excluding hydrogens is 556 g/mol. The Morgan fingerprint density at radius 1 is 1.18 bits per heavy atom. The highest BCUT2D eigenvalue weighted by Crippen LogP contribution is 2.34. The standard InChI is InChI=1S/C35H44N4O5/c1-7-43-33(29(20-36)34(40)41)38-31-13-9-12-30(37-31)28-11-8-10-23(2)32(28)44-22-25-14-15-27-21-39(17-16-26(27)18-25)24(3)19-35(4,5)42-6/h8-15,18,20,24,36H,7,16-17,19,21-22H2,1-6H3,(H,37,38)(H,40,41)/b33-29-,36-20?. The molecule has 0 saturated heterocycles. The van der Waals surface area contributed by atoms with Gasteiger partial charge in [0.15, 0.2) is 0 Å². The molecule has 9 heteroatoms.